The van der Waals surface area contributed by atoms with E-state index in [1.54, 1.807) is 0 Å². The van der Waals surface area contributed by atoms with Gasteiger partial charge in [0.05, 0.1) is 6.23 Å². The van der Waals surface area contributed by atoms with Crippen LogP contribution in [0.4, 0.5) is 0 Å². The molecule has 0 atom stereocenters. The first-order valence-corrected chi connectivity index (χ1v) is 9.26. The van der Waals surface area contributed by atoms with Crippen LogP contribution in [0.3, 0.4) is 0 Å². The van der Waals surface area contributed by atoms with Crippen molar-refractivity contribution in [2.45, 2.75) is 38.9 Å². The topological polar surface area (TPSA) is 26.3 Å². The van der Waals surface area contributed by atoms with Crippen molar-refractivity contribution >= 4 is 14.0 Å². The summed E-state index contributed by atoms with van der Waals surface area (Å²) in [5.74, 6) is -0.359. The van der Waals surface area contributed by atoms with Crippen LogP contribution in [-0.4, -0.2) is 20.3 Å². The molecule has 106 valence electrons. The summed E-state index contributed by atoms with van der Waals surface area (Å²) >= 11 is 0. The van der Waals surface area contributed by atoms with Gasteiger partial charge >= 0.3 is 5.97 Å². The molecule has 0 rings (SSSR count). The molecule has 0 heterocycles. The summed E-state index contributed by atoms with van der Waals surface area (Å²) in [6.45, 7) is 21.5. The second-order valence-corrected chi connectivity index (χ2v) is 10.1. The Morgan fingerprint density at radius 1 is 1.00 bits per heavy atom. The van der Waals surface area contributed by atoms with Gasteiger partial charge < -0.3 is 4.74 Å². The molecule has 0 saturated heterocycles. The molecule has 0 saturated carbocycles. The van der Waals surface area contributed by atoms with Gasteiger partial charge in [0.15, 0.2) is 0 Å². The number of hydrogen-bond donors (Lipinski definition) is 0. The van der Waals surface area contributed by atoms with Crippen LogP contribution in [0.25, 0.3) is 0 Å². The van der Waals surface area contributed by atoms with Gasteiger partial charge in [0.1, 0.15) is 8.07 Å². The number of carbonyl (C=O) groups excluding carboxylic acids is 1. The normalized spacial score (nSPS) is 10.7. The van der Waals surface area contributed by atoms with Crippen LogP contribution in [0.15, 0.2) is 49.1 Å². The van der Waals surface area contributed by atoms with E-state index >= 15 is 0 Å². The Kier molecular flexibility index (Phi) is 7.38. The zero-order chi connectivity index (χ0) is 15.1. The van der Waals surface area contributed by atoms with E-state index < -0.39 is 8.07 Å². The summed E-state index contributed by atoms with van der Waals surface area (Å²) in [7, 11) is -1.85. The summed E-state index contributed by atoms with van der Waals surface area (Å²) in [4.78, 5) is 11.3. The van der Waals surface area contributed by atoms with Crippen LogP contribution in [-0.2, 0) is 9.53 Å². The standard InChI is InChI=1S/C16H26O2Si/c1-8-16(17)18-12-19(9-13(2)3,10-14(4)5)11-15(6)7/h8H,1-2,4,6,9-12H2,3,5,7H3. The van der Waals surface area contributed by atoms with Gasteiger partial charge in [-0.2, -0.15) is 0 Å². The van der Waals surface area contributed by atoms with E-state index in [-0.39, 0.29) is 5.97 Å². The number of carbonyl (C=O) groups is 1. The van der Waals surface area contributed by atoms with Crippen LogP contribution >= 0.6 is 0 Å². The molecule has 0 radical (unpaired) electrons. The Balaban J connectivity index is 5.13. The maximum Gasteiger partial charge on any atom is 0.329 e. The first-order valence-electron chi connectivity index (χ1n) is 6.43. The van der Waals surface area contributed by atoms with E-state index in [2.05, 4.69) is 26.3 Å². The third-order valence-electron chi connectivity index (χ3n) is 2.72. The van der Waals surface area contributed by atoms with Gasteiger partial charge in [-0.3, -0.25) is 0 Å². The zero-order valence-corrected chi connectivity index (χ0v) is 13.6. The fourth-order valence-corrected chi connectivity index (χ4v) is 7.51. The highest BCUT2D eigenvalue weighted by atomic mass is 28.3. The molecule has 0 aliphatic heterocycles. The van der Waals surface area contributed by atoms with E-state index in [9.17, 15) is 4.79 Å². The Labute approximate surface area is 118 Å². The maximum absolute atomic E-state index is 11.3. The summed E-state index contributed by atoms with van der Waals surface area (Å²) < 4.78 is 5.34. The smallest absolute Gasteiger partial charge is 0.329 e. The predicted molar refractivity (Wildman–Crippen MR) is 85.8 cm³/mol. The molecule has 2 nitrogen and oxygen atoms in total. The molecule has 0 aromatic rings. The zero-order valence-electron chi connectivity index (χ0n) is 12.6. The Bertz CT molecular complexity index is 353. The van der Waals surface area contributed by atoms with Crippen molar-refractivity contribution in [1.82, 2.24) is 0 Å². The van der Waals surface area contributed by atoms with Crippen molar-refractivity contribution in [1.29, 1.82) is 0 Å². The number of ether oxygens (including phenoxy) is 1. The third kappa shape index (κ3) is 7.62. The highest BCUT2D eigenvalue weighted by molar-refractivity contribution is 6.81. The molecule has 0 fully saturated rings. The molecule has 0 N–H and O–H groups in total. The molecule has 0 amide bonds. The van der Waals surface area contributed by atoms with Crippen LogP contribution in [0, 0.1) is 0 Å². The lowest BCUT2D eigenvalue weighted by Gasteiger charge is -2.32. The molecular weight excluding hydrogens is 252 g/mol. The van der Waals surface area contributed by atoms with Gasteiger partial charge in [-0.15, -0.1) is 19.7 Å². The predicted octanol–water partition coefficient (Wildman–Crippen LogP) is 4.43. The molecule has 0 spiro atoms. The molecule has 0 aliphatic carbocycles. The van der Waals surface area contributed by atoms with Gasteiger partial charge in [0, 0.05) is 6.08 Å². The van der Waals surface area contributed by atoms with Crippen molar-refractivity contribution < 1.29 is 9.53 Å². The molecule has 0 unspecified atom stereocenters. The average Bonchev–Trinajstić information content (AvgIpc) is 2.22. The molecule has 19 heavy (non-hydrogen) atoms. The van der Waals surface area contributed by atoms with Crippen LogP contribution in [0.2, 0.25) is 18.1 Å². The highest BCUT2D eigenvalue weighted by Crippen LogP contribution is 2.30. The lowest BCUT2D eigenvalue weighted by Crippen LogP contribution is -2.41. The number of esters is 1. The summed E-state index contributed by atoms with van der Waals surface area (Å²) in [5.41, 5.74) is 3.39. The molecule has 0 aromatic heterocycles. The van der Waals surface area contributed by atoms with E-state index in [4.69, 9.17) is 4.74 Å². The van der Waals surface area contributed by atoms with E-state index in [1.807, 2.05) is 20.8 Å². The van der Waals surface area contributed by atoms with Gasteiger partial charge in [-0.1, -0.05) is 23.3 Å². The van der Waals surface area contributed by atoms with E-state index in [1.165, 1.54) is 6.08 Å². The number of allylic oxidation sites excluding steroid dienone is 3. The minimum Gasteiger partial charge on any atom is -0.466 e. The van der Waals surface area contributed by atoms with Crippen LogP contribution in [0.5, 0.6) is 0 Å². The van der Waals surface area contributed by atoms with Crippen LogP contribution in [0.1, 0.15) is 20.8 Å². The number of rotatable bonds is 9. The maximum atomic E-state index is 11.3. The molecule has 0 aromatic carbocycles. The molecule has 0 aliphatic rings. The third-order valence-corrected chi connectivity index (χ3v) is 7.53. The van der Waals surface area contributed by atoms with Crippen molar-refractivity contribution in [3.8, 4) is 0 Å². The second-order valence-electron chi connectivity index (χ2n) is 5.71. The van der Waals surface area contributed by atoms with Crippen molar-refractivity contribution in [3.63, 3.8) is 0 Å². The largest absolute Gasteiger partial charge is 0.466 e. The lowest BCUT2D eigenvalue weighted by atomic mass is 10.4. The highest BCUT2D eigenvalue weighted by Gasteiger charge is 2.34. The van der Waals surface area contributed by atoms with Gasteiger partial charge in [-0.05, 0) is 38.9 Å². The fourth-order valence-electron chi connectivity index (χ4n) is 2.54. The lowest BCUT2D eigenvalue weighted by molar-refractivity contribution is -0.136. The van der Waals surface area contributed by atoms with Crippen molar-refractivity contribution in [2.75, 3.05) is 6.23 Å². The summed E-state index contributed by atoms with van der Waals surface area (Å²) in [5, 5.41) is 0. The van der Waals surface area contributed by atoms with Crippen LogP contribution < -0.4 is 0 Å². The first-order chi connectivity index (χ1) is 8.70. The van der Waals surface area contributed by atoms with Gasteiger partial charge in [0.2, 0.25) is 0 Å². The quantitative estimate of drug-likeness (QED) is 0.270. The Morgan fingerprint density at radius 2 is 1.37 bits per heavy atom. The van der Waals surface area contributed by atoms with Gasteiger partial charge in [0.25, 0.3) is 0 Å². The average molecular weight is 278 g/mol. The van der Waals surface area contributed by atoms with Crippen molar-refractivity contribution in [3.05, 3.63) is 49.1 Å². The molecule has 3 heteroatoms. The first kappa shape index (κ1) is 17.6. The summed E-state index contributed by atoms with van der Waals surface area (Å²) in [6, 6.07) is 2.78. The number of hydrogen-bond acceptors (Lipinski definition) is 2. The SMILES string of the molecule is C=CC(=O)OC[Si](CC(=C)C)(CC(=C)C)CC(=C)C. The minimum absolute atomic E-state index is 0.359. The second kappa shape index (κ2) is 7.95. The van der Waals surface area contributed by atoms with E-state index in [0.717, 1.165) is 34.9 Å². The van der Waals surface area contributed by atoms with Gasteiger partial charge in [-0.25, -0.2) is 4.79 Å². The van der Waals surface area contributed by atoms with E-state index in [0.29, 0.717) is 6.23 Å². The summed E-state index contributed by atoms with van der Waals surface area (Å²) in [6.07, 6.45) is 1.69. The monoisotopic (exact) mass is 278 g/mol. The molecular formula is C16H26O2Si. The fraction of sp³-hybridized carbons (Fsp3) is 0.438. The Morgan fingerprint density at radius 3 is 1.63 bits per heavy atom. The minimum atomic E-state index is -1.85. The van der Waals surface area contributed by atoms with Crippen molar-refractivity contribution in [2.24, 2.45) is 0 Å². The Hall–Kier alpha value is -1.35. The molecule has 0 bridgehead atoms.